The van der Waals surface area contributed by atoms with Crippen LogP contribution in [0.3, 0.4) is 0 Å². The van der Waals surface area contributed by atoms with Gasteiger partial charge >= 0.3 is 11.1 Å². The lowest BCUT2D eigenvalue weighted by molar-refractivity contribution is -0.719. The molecule has 0 aliphatic heterocycles. The van der Waals surface area contributed by atoms with E-state index in [0.717, 1.165) is 11.4 Å². The number of benzene rings is 2. The van der Waals surface area contributed by atoms with E-state index in [4.69, 9.17) is 5.11 Å². The second-order valence-electron chi connectivity index (χ2n) is 6.44. The van der Waals surface area contributed by atoms with Gasteiger partial charge in [-0.05, 0) is 43.8 Å². The number of carbonyl (C=O) groups excluding carboxylic acids is 1. The number of aryl methyl sites for hydroxylation is 1. The minimum Gasteiger partial charge on any atom is -0.478 e. The van der Waals surface area contributed by atoms with Crippen molar-refractivity contribution in [1.82, 2.24) is 15.6 Å². The van der Waals surface area contributed by atoms with Crippen molar-refractivity contribution in [2.45, 2.75) is 25.5 Å². The average Bonchev–Trinajstić information content (AvgIpc) is 3.16. The summed E-state index contributed by atoms with van der Waals surface area (Å²) >= 11 is 1.29. The molecular formula is C21H22N5O3S+. The molecule has 3 N–H and O–H groups in total. The fourth-order valence-corrected chi connectivity index (χ4v) is 3.60. The number of carboxylic acid groups (broad SMARTS) is 1. The molecule has 30 heavy (non-hydrogen) atoms. The van der Waals surface area contributed by atoms with Crippen LogP contribution in [0.1, 0.15) is 28.4 Å². The van der Waals surface area contributed by atoms with Crippen molar-refractivity contribution < 1.29 is 19.3 Å². The number of aromatic nitrogens is 3. The number of aromatic amines is 1. The molecule has 0 saturated carbocycles. The van der Waals surface area contributed by atoms with Crippen LogP contribution < -0.4 is 9.99 Å². The van der Waals surface area contributed by atoms with Gasteiger partial charge in [-0.2, -0.15) is 5.10 Å². The van der Waals surface area contributed by atoms with Gasteiger partial charge in [-0.3, -0.25) is 4.79 Å². The molecule has 0 atom stereocenters. The lowest BCUT2D eigenvalue weighted by Gasteiger charge is -2.02. The fourth-order valence-electron chi connectivity index (χ4n) is 2.79. The predicted molar refractivity (Wildman–Crippen MR) is 114 cm³/mol. The summed E-state index contributed by atoms with van der Waals surface area (Å²) in [7, 11) is 0. The molecule has 0 bridgehead atoms. The quantitative estimate of drug-likeness (QED) is 0.223. The molecule has 8 nitrogen and oxygen atoms in total. The van der Waals surface area contributed by atoms with Gasteiger partial charge in [0.25, 0.3) is 11.7 Å². The van der Waals surface area contributed by atoms with E-state index >= 15 is 0 Å². The topological polar surface area (TPSA) is 111 Å². The van der Waals surface area contributed by atoms with Crippen molar-refractivity contribution >= 4 is 29.9 Å². The van der Waals surface area contributed by atoms with Gasteiger partial charge in [0.2, 0.25) is 0 Å². The number of aromatic carboxylic acids is 1. The van der Waals surface area contributed by atoms with E-state index in [2.05, 4.69) is 20.7 Å². The molecule has 9 heteroatoms. The molecule has 0 radical (unpaired) electrons. The molecule has 0 saturated heterocycles. The van der Waals surface area contributed by atoms with E-state index in [-0.39, 0.29) is 17.2 Å². The second-order valence-corrected chi connectivity index (χ2v) is 7.38. The summed E-state index contributed by atoms with van der Waals surface area (Å²) in [6, 6.07) is 14.6. The number of thioether (sulfide) groups is 1. The number of nitrogens with one attached hydrogen (secondary N) is 2. The first-order valence-electron chi connectivity index (χ1n) is 9.32. The highest BCUT2D eigenvalue weighted by atomic mass is 32.2. The van der Waals surface area contributed by atoms with Gasteiger partial charge in [-0.1, -0.05) is 35.9 Å². The third-order valence-electron chi connectivity index (χ3n) is 4.32. The Morgan fingerprint density at radius 3 is 2.67 bits per heavy atom. The van der Waals surface area contributed by atoms with Crippen molar-refractivity contribution in [3.05, 3.63) is 65.2 Å². The van der Waals surface area contributed by atoms with Crippen molar-refractivity contribution in [2.24, 2.45) is 5.10 Å². The molecular weight excluding hydrogens is 402 g/mol. The summed E-state index contributed by atoms with van der Waals surface area (Å²) in [6.07, 6.45) is 1.32. The Morgan fingerprint density at radius 2 is 1.97 bits per heavy atom. The first-order chi connectivity index (χ1) is 14.5. The second kappa shape index (κ2) is 9.84. The third kappa shape index (κ3) is 5.12. The minimum absolute atomic E-state index is 0.119. The van der Waals surface area contributed by atoms with Crippen LogP contribution in [0.4, 0.5) is 0 Å². The minimum atomic E-state index is -1.05. The Bertz CT molecular complexity index is 1080. The van der Waals surface area contributed by atoms with E-state index in [1.165, 1.54) is 29.6 Å². The molecule has 2 aromatic carbocycles. The van der Waals surface area contributed by atoms with E-state index in [0.29, 0.717) is 17.3 Å². The molecule has 0 aliphatic rings. The molecule has 0 spiro atoms. The van der Waals surface area contributed by atoms with Crippen LogP contribution in [0, 0.1) is 6.92 Å². The summed E-state index contributed by atoms with van der Waals surface area (Å²) < 4.78 is 2.01. The van der Waals surface area contributed by atoms with Gasteiger partial charge in [0.05, 0.1) is 34.7 Å². The monoisotopic (exact) mass is 424 g/mol. The number of nitrogens with zero attached hydrogens (tertiary/aromatic N) is 3. The standard InChI is InChI=1S/C21H21N5O3S/c1-3-26-19(15-10-8-14(2)9-11-15)24-25-21(26)30-13-18(27)23-22-12-16-6-4-5-7-17(16)20(28)29/h4-12H,3,13H2,1-2H3,(H2,23,27,28,29)/p+1/b22-12+. The molecule has 0 fully saturated rings. The molecule has 3 rings (SSSR count). The zero-order chi connectivity index (χ0) is 21.5. The van der Waals surface area contributed by atoms with Crippen LogP contribution in [-0.2, 0) is 11.3 Å². The Kier molecular flexibility index (Phi) is 6.97. The van der Waals surface area contributed by atoms with Crippen molar-refractivity contribution in [3.63, 3.8) is 0 Å². The maximum absolute atomic E-state index is 12.1. The number of H-pyrrole nitrogens is 1. The first-order valence-corrected chi connectivity index (χ1v) is 10.3. The van der Waals surface area contributed by atoms with Gasteiger partial charge in [0.15, 0.2) is 0 Å². The van der Waals surface area contributed by atoms with Gasteiger partial charge in [0, 0.05) is 5.56 Å². The summed E-state index contributed by atoms with van der Waals surface area (Å²) in [5.41, 5.74) is 5.15. The molecule has 0 aliphatic carbocycles. The number of hydrazone groups is 1. The van der Waals surface area contributed by atoms with Crippen molar-refractivity contribution in [3.8, 4) is 11.4 Å². The van der Waals surface area contributed by atoms with Crippen molar-refractivity contribution in [2.75, 3.05) is 5.75 Å². The van der Waals surface area contributed by atoms with Gasteiger partial charge in [-0.25, -0.2) is 14.8 Å². The van der Waals surface area contributed by atoms with Crippen molar-refractivity contribution in [1.29, 1.82) is 0 Å². The lowest BCUT2D eigenvalue weighted by Crippen LogP contribution is -2.36. The van der Waals surface area contributed by atoms with Crippen LogP contribution in [-0.4, -0.2) is 39.1 Å². The Morgan fingerprint density at radius 1 is 1.23 bits per heavy atom. The zero-order valence-corrected chi connectivity index (χ0v) is 17.4. The van der Waals surface area contributed by atoms with Crippen LogP contribution >= 0.6 is 11.8 Å². The SMILES string of the molecule is CC[n+]1c(SCC(=O)N/N=C/c2ccccc2C(=O)O)n[nH]c1-c1ccc(C)cc1. The van der Waals surface area contributed by atoms with E-state index in [1.54, 1.807) is 18.2 Å². The number of rotatable bonds is 8. The highest BCUT2D eigenvalue weighted by molar-refractivity contribution is 7.99. The number of hydrogen-bond donors (Lipinski definition) is 3. The summed E-state index contributed by atoms with van der Waals surface area (Å²) in [6.45, 7) is 4.75. The average molecular weight is 425 g/mol. The third-order valence-corrected chi connectivity index (χ3v) is 5.29. The van der Waals surface area contributed by atoms with E-state index < -0.39 is 5.97 Å². The fraction of sp³-hybridized carbons (Fsp3) is 0.190. The van der Waals surface area contributed by atoms with Crippen LogP contribution in [0.2, 0.25) is 0 Å². The highest BCUT2D eigenvalue weighted by Gasteiger charge is 2.21. The van der Waals surface area contributed by atoms with Crippen LogP contribution in [0.5, 0.6) is 0 Å². The maximum Gasteiger partial charge on any atom is 0.337 e. The normalized spacial score (nSPS) is 11.0. The Hall–Kier alpha value is -3.46. The number of carboxylic acids is 1. The van der Waals surface area contributed by atoms with Crippen LogP contribution in [0.25, 0.3) is 11.4 Å². The number of carbonyl (C=O) groups is 2. The molecule has 0 unspecified atom stereocenters. The summed E-state index contributed by atoms with van der Waals surface area (Å²) in [4.78, 5) is 23.3. The molecule has 154 valence electrons. The van der Waals surface area contributed by atoms with Crippen LogP contribution in [0.15, 0.2) is 58.8 Å². The largest absolute Gasteiger partial charge is 0.478 e. The molecule has 1 amide bonds. The van der Waals surface area contributed by atoms with Gasteiger partial charge < -0.3 is 5.11 Å². The molecule has 1 heterocycles. The molecule has 3 aromatic rings. The Labute approximate surface area is 178 Å². The number of hydrogen-bond acceptors (Lipinski definition) is 5. The van der Waals surface area contributed by atoms with E-state index in [9.17, 15) is 9.59 Å². The van der Waals surface area contributed by atoms with Gasteiger partial charge in [0.1, 0.15) is 0 Å². The summed E-state index contributed by atoms with van der Waals surface area (Å²) in [5.74, 6) is -0.364. The van der Waals surface area contributed by atoms with E-state index in [1.807, 2.05) is 42.7 Å². The maximum atomic E-state index is 12.1. The smallest absolute Gasteiger partial charge is 0.337 e. The summed E-state index contributed by atoms with van der Waals surface area (Å²) in [5, 5.41) is 21.1. The predicted octanol–water partition coefficient (Wildman–Crippen LogP) is 2.63. The lowest BCUT2D eigenvalue weighted by atomic mass is 10.1. The zero-order valence-electron chi connectivity index (χ0n) is 16.6. The Balaban J connectivity index is 1.61. The highest BCUT2D eigenvalue weighted by Crippen LogP contribution is 2.18. The number of amides is 1. The van der Waals surface area contributed by atoms with Gasteiger partial charge in [-0.15, -0.1) is 5.10 Å². The molecule has 1 aromatic heterocycles. The first kappa shape index (κ1) is 21.3.